The fourth-order valence-electron chi connectivity index (χ4n) is 1.85. The molecule has 0 spiro atoms. The number of aromatic nitrogens is 2. The van der Waals surface area contributed by atoms with Gasteiger partial charge in [-0.2, -0.15) is 5.26 Å². The maximum Gasteiger partial charge on any atom is 0.344 e. The van der Waals surface area contributed by atoms with Crippen LogP contribution in [0, 0.1) is 11.3 Å². The van der Waals surface area contributed by atoms with E-state index in [0.29, 0.717) is 10.7 Å². The third-order valence-electron chi connectivity index (χ3n) is 3.00. The number of rotatable bonds is 5. The van der Waals surface area contributed by atoms with Crippen LogP contribution in [0.4, 0.5) is 0 Å². The van der Waals surface area contributed by atoms with Crippen LogP contribution in [0.2, 0.25) is 0 Å². The zero-order chi connectivity index (χ0) is 17.0. The summed E-state index contributed by atoms with van der Waals surface area (Å²) in [6, 6.07) is 8.38. The molecule has 0 bridgehead atoms. The van der Waals surface area contributed by atoms with Crippen molar-refractivity contribution >= 4 is 17.7 Å². The second kappa shape index (κ2) is 6.98. The zero-order valence-corrected chi connectivity index (χ0v) is 13.2. The molecule has 0 aliphatic heterocycles. The highest BCUT2D eigenvalue weighted by molar-refractivity contribution is 7.98. The minimum absolute atomic E-state index is 0.151. The quantitative estimate of drug-likeness (QED) is 0.634. The van der Waals surface area contributed by atoms with Gasteiger partial charge in [-0.1, -0.05) is 23.9 Å². The van der Waals surface area contributed by atoms with Crippen molar-refractivity contribution in [3.05, 3.63) is 40.2 Å². The Bertz CT molecular complexity index is 841. The molecule has 118 valence electrons. The summed E-state index contributed by atoms with van der Waals surface area (Å²) < 4.78 is 5.41. The molecule has 1 unspecified atom stereocenters. The maximum atomic E-state index is 12.0. The summed E-state index contributed by atoms with van der Waals surface area (Å²) in [4.78, 5) is 29.7. The van der Waals surface area contributed by atoms with Crippen molar-refractivity contribution < 1.29 is 14.6 Å². The lowest BCUT2D eigenvalue weighted by Crippen LogP contribution is -2.23. The van der Waals surface area contributed by atoms with Crippen molar-refractivity contribution in [3.8, 4) is 23.1 Å². The van der Waals surface area contributed by atoms with Crippen molar-refractivity contribution in [3.63, 3.8) is 0 Å². The highest BCUT2D eigenvalue weighted by Crippen LogP contribution is 2.31. The number of thioether (sulfide) groups is 1. The molecule has 2 N–H and O–H groups in total. The van der Waals surface area contributed by atoms with E-state index in [-0.39, 0.29) is 17.0 Å². The molecule has 0 aliphatic carbocycles. The summed E-state index contributed by atoms with van der Waals surface area (Å²) in [7, 11) is 0. The van der Waals surface area contributed by atoms with E-state index >= 15 is 0 Å². The molecule has 1 atom stereocenters. The number of H-pyrrole nitrogens is 1. The van der Waals surface area contributed by atoms with E-state index in [1.807, 2.05) is 6.07 Å². The number of carboxylic acids is 1. The SMILES string of the molecule is CSc1nc(-c2ccccc2OC(C)C(=O)O)c(C#N)c(=O)[nH]1. The lowest BCUT2D eigenvalue weighted by molar-refractivity contribution is -0.144. The van der Waals surface area contributed by atoms with Crippen LogP contribution in [-0.4, -0.2) is 33.4 Å². The van der Waals surface area contributed by atoms with Crippen molar-refractivity contribution in [2.75, 3.05) is 6.26 Å². The highest BCUT2D eigenvalue weighted by atomic mass is 32.2. The number of nitrogens with one attached hydrogen (secondary N) is 1. The zero-order valence-electron chi connectivity index (χ0n) is 12.4. The smallest absolute Gasteiger partial charge is 0.344 e. The molecule has 0 saturated carbocycles. The Balaban J connectivity index is 2.64. The predicted molar refractivity (Wildman–Crippen MR) is 84.5 cm³/mol. The number of nitriles is 1. The first-order chi connectivity index (χ1) is 11.0. The molecule has 1 heterocycles. The predicted octanol–water partition coefficient (Wildman–Crippen LogP) is 1.88. The van der Waals surface area contributed by atoms with Crippen LogP contribution in [0.1, 0.15) is 12.5 Å². The highest BCUT2D eigenvalue weighted by Gasteiger charge is 2.19. The number of carboxylic acid groups (broad SMARTS) is 1. The van der Waals surface area contributed by atoms with E-state index in [1.165, 1.54) is 18.7 Å². The molecule has 1 aromatic heterocycles. The molecule has 23 heavy (non-hydrogen) atoms. The fraction of sp³-hybridized carbons (Fsp3) is 0.200. The molecule has 1 aromatic carbocycles. The minimum atomic E-state index is -1.12. The normalized spacial score (nSPS) is 11.5. The van der Waals surface area contributed by atoms with Gasteiger partial charge in [0.25, 0.3) is 5.56 Å². The first kappa shape index (κ1) is 16.6. The number of aromatic amines is 1. The van der Waals surface area contributed by atoms with Crippen LogP contribution in [0.25, 0.3) is 11.3 Å². The summed E-state index contributed by atoms with van der Waals surface area (Å²) >= 11 is 1.22. The van der Waals surface area contributed by atoms with Crippen molar-refractivity contribution in [1.29, 1.82) is 5.26 Å². The molecule has 0 radical (unpaired) electrons. The molecule has 0 fully saturated rings. The van der Waals surface area contributed by atoms with Gasteiger partial charge in [0.05, 0.1) is 0 Å². The molecule has 0 aliphatic rings. The first-order valence-corrected chi connectivity index (χ1v) is 7.77. The topological polar surface area (TPSA) is 116 Å². The van der Waals surface area contributed by atoms with Gasteiger partial charge in [-0.15, -0.1) is 0 Å². The monoisotopic (exact) mass is 331 g/mol. The van der Waals surface area contributed by atoms with E-state index in [0.717, 1.165) is 0 Å². The number of para-hydroxylation sites is 1. The van der Waals surface area contributed by atoms with Crippen LogP contribution < -0.4 is 10.3 Å². The number of hydrogen-bond donors (Lipinski definition) is 2. The summed E-state index contributed by atoms with van der Waals surface area (Å²) in [6.07, 6.45) is 0.659. The summed E-state index contributed by atoms with van der Waals surface area (Å²) in [5.41, 5.74) is -0.155. The number of carbonyl (C=O) groups is 1. The molecular formula is C15H13N3O4S. The largest absolute Gasteiger partial charge is 0.479 e. The number of hydrogen-bond acceptors (Lipinski definition) is 6. The van der Waals surface area contributed by atoms with Crippen LogP contribution in [0.15, 0.2) is 34.2 Å². The molecule has 7 nitrogen and oxygen atoms in total. The van der Waals surface area contributed by atoms with Crippen LogP contribution in [0.3, 0.4) is 0 Å². The van der Waals surface area contributed by atoms with E-state index in [9.17, 15) is 14.9 Å². The molecule has 2 rings (SSSR count). The Hall–Kier alpha value is -2.79. The van der Waals surface area contributed by atoms with Gasteiger partial charge in [0.1, 0.15) is 23.1 Å². The second-order valence-electron chi connectivity index (χ2n) is 4.51. The molecule has 0 amide bonds. The summed E-state index contributed by atoms with van der Waals surface area (Å²) in [5, 5.41) is 18.6. The van der Waals surface area contributed by atoms with Crippen molar-refractivity contribution in [2.45, 2.75) is 18.2 Å². The third kappa shape index (κ3) is 3.52. The Kier molecular flexibility index (Phi) is 5.03. The molecule has 8 heteroatoms. The number of nitrogens with zero attached hydrogens (tertiary/aromatic N) is 2. The average Bonchev–Trinajstić information content (AvgIpc) is 2.54. The first-order valence-electron chi connectivity index (χ1n) is 6.55. The Morgan fingerprint density at radius 2 is 2.17 bits per heavy atom. The van der Waals surface area contributed by atoms with Gasteiger partial charge < -0.3 is 14.8 Å². The van der Waals surface area contributed by atoms with Crippen molar-refractivity contribution in [2.24, 2.45) is 0 Å². The van der Waals surface area contributed by atoms with Gasteiger partial charge in [-0.05, 0) is 25.3 Å². The number of aliphatic carboxylic acids is 1. The van der Waals surface area contributed by atoms with Gasteiger partial charge in [0.2, 0.25) is 0 Å². The van der Waals surface area contributed by atoms with Gasteiger partial charge in [0, 0.05) is 5.56 Å². The lowest BCUT2D eigenvalue weighted by Gasteiger charge is -2.14. The van der Waals surface area contributed by atoms with Crippen molar-refractivity contribution in [1.82, 2.24) is 9.97 Å². The minimum Gasteiger partial charge on any atom is -0.479 e. The number of ether oxygens (including phenoxy) is 1. The van der Waals surface area contributed by atoms with Gasteiger partial charge in [-0.25, -0.2) is 9.78 Å². The molecular weight excluding hydrogens is 318 g/mol. The van der Waals surface area contributed by atoms with Crippen LogP contribution in [0.5, 0.6) is 5.75 Å². The van der Waals surface area contributed by atoms with Gasteiger partial charge in [-0.3, -0.25) is 4.79 Å². The summed E-state index contributed by atoms with van der Waals surface area (Å²) in [6.45, 7) is 1.39. The Morgan fingerprint density at radius 3 is 2.78 bits per heavy atom. The van der Waals surface area contributed by atoms with E-state index in [4.69, 9.17) is 9.84 Å². The van der Waals surface area contributed by atoms with Crippen LogP contribution >= 0.6 is 11.8 Å². The molecule has 2 aromatic rings. The standard InChI is InChI=1S/C15H13N3O4S/c1-8(14(20)21)22-11-6-4-3-5-9(11)12-10(7-16)13(19)18-15(17-12)23-2/h3-6,8H,1-2H3,(H,20,21)(H,17,18,19). The number of benzene rings is 1. The Morgan fingerprint density at radius 1 is 1.48 bits per heavy atom. The van der Waals surface area contributed by atoms with Gasteiger partial charge >= 0.3 is 5.97 Å². The average molecular weight is 331 g/mol. The summed E-state index contributed by atoms with van der Waals surface area (Å²) in [5.74, 6) is -0.881. The molecule has 0 saturated heterocycles. The van der Waals surface area contributed by atoms with E-state index in [2.05, 4.69) is 9.97 Å². The second-order valence-corrected chi connectivity index (χ2v) is 5.30. The Labute approximate surface area is 135 Å². The fourth-order valence-corrected chi connectivity index (χ4v) is 2.23. The van der Waals surface area contributed by atoms with E-state index < -0.39 is 17.6 Å². The maximum absolute atomic E-state index is 12.0. The lowest BCUT2D eigenvalue weighted by atomic mass is 10.1. The van der Waals surface area contributed by atoms with Crippen LogP contribution in [-0.2, 0) is 4.79 Å². The third-order valence-corrected chi connectivity index (χ3v) is 3.58. The van der Waals surface area contributed by atoms with E-state index in [1.54, 1.807) is 30.5 Å². The van der Waals surface area contributed by atoms with Gasteiger partial charge in [0.15, 0.2) is 11.3 Å².